The first-order valence-electron chi connectivity index (χ1n) is 10.4. The van der Waals surface area contributed by atoms with Crippen LogP contribution in [0.2, 0.25) is 0 Å². The molecule has 2 fully saturated rings. The molecule has 2 N–H and O–H groups in total. The van der Waals surface area contributed by atoms with Crippen LogP contribution in [0.3, 0.4) is 0 Å². The van der Waals surface area contributed by atoms with Gasteiger partial charge in [0.1, 0.15) is 0 Å². The van der Waals surface area contributed by atoms with E-state index in [0.717, 1.165) is 32.0 Å². The molecule has 1 unspecified atom stereocenters. The summed E-state index contributed by atoms with van der Waals surface area (Å²) in [4.78, 5) is 8.54. The molecular weight excluding hydrogens is 355 g/mol. The van der Waals surface area contributed by atoms with Gasteiger partial charge in [0.2, 0.25) is 0 Å². The van der Waals surface area contributed by atoms with Crippen LogP contribution in [0.5, 0.6) is 0 Å². The maximum absolute atomic E-state index is 12.5. The number of aliphatic imine (C=N–C) groups is 1. The van der Waals surface area contributed by atoms with E-state index in [1.165, 1.54) is 37.0 Å². The van der Waals surface area contributed by atoms with Crippen molar-refractivity contribution in [3.63, 3.8) is 0 Å². The largest absolute Gasteiger partial charge is 0.401 e. The van der Waals surface area contributed by atoms with E-state index in [9.17, 15) is 13.2 Å². The standard InChI is InChI=1S/C19H36F3N5/c1-3-23-18(25-16-10-13-27(14-16)15-19(20,21)22)24-11-7-12-26(2)17-8-5-4-6-9-17/h16-17H,3-15H2,1-2H3,(H2,23,24,25). The lowest BCUT2D eigenvalue weighted by Gasteiger charge is -2.31. The maximum Gasteiger partial charge on any atom is 0.401 e. The molecule has 0 aromatic carbocycles. The number of halogens is 3. The normalized spacial score (nSPS) is 23.2. The number of hydrogen-bond acceptors (Lipinski definition) is 3. The van der Waals surface area contributed by atoms with Gasteiger partial charge in [0.25, 0.3) is 0 Å². The van der Waals surface area contributed by atoms with Gasteiger partial charge in [0.05, 0.1) is 6.54 Å². The van der Waals surface area contributed by atoms with E-state index >= 15 is 0 Å². The molecule has 8 heteroatoms. The van der Waals surface area contributed by atoms with E-state index in [1.807, 2.05) is 6.92 Å². The van der Waals surface area contributed by atoms with Crippen LogP contribution >= 0.6 is 0 Å². The van der Waals surface area contributed by atoms with Gasteiger partial charge in [-0.15, -0.1) is 0 Å². The third kappa shape index (κ3) is 8.68. The third-order valence-corrected chi connectivity index (χ3v) is 5.50. The van der Waals surface area contributed by atoms with Gasteiger partial charge in [-0.05, 0) is 46.2 Å². The lowest BCUT2D eigenvalue weighted by Crippen LogP contribution is -2.45. The summed E-state index contributed by atoms with van der Waals surface area (Å²) in [6.45, 7) is 4.57. The van der Waals surface area contributed by atoms with Gasteiger partial charge < -0.3 is 15.5 Å². The van der Waals surface area contributed by atoms with Crippen molar-refractivity contribution >= 4 is 5.96 Å². The Balaban J connectivity index is 1.70. The quantitative estimate of drug-likeness (QED) is 0.379. The molecule has 0 aromatic heterocycles. The molecule has 0 bridgehead atoms. The highest BCUT2D eigenvalue weighted by Crippen LogP contribution is 2.22. The molecule has 1 atom stereocenters. The van der Waals surface area contributed by atoms with Crippen LogP contribution in [0.15, 0.2) is 4.99 Å². The van der Waals surface area contributed by atoms with E-state index in [4.69, 9.17) is 0 Å². The van der Waals surface area contributed by atoms with Crippen molar-refractivity contribution in [3.05, 3.63) is 0 Å². The van der Waals surface area contributed by atoms with E-state index in [-0.39, 0.29) is 6.04 Å². The Hall–Kier alpha value is -1.02. The van der Waals surface area contributed by atoms with E-state index in [1.54, 1.807) is 0 Å². The van der Waals surface area contributed by atoms with Crippen molar-refractivity contribution in [2.75, 3.05) is 46.3 Å². The smallest absolute Gasteiger partial charge is 0.357 e. The highest BCUT2D eigenvalue weighted by Gasteiger charge is 2.34. The second-order valence-corrected chi connectivity index (χ2v) is 7.87. The van der Waals surface area contributed by atoms with Crippen molar-refractivity contribution < 1.29 is 13.2 Å². The molecular formula is C19H36F3N5. The average molecular weight is 392 g/mol. The molecule has 1 aliphatic heterocycles. The van der Waals surface area contributed by atoms with Crippen molar-refractivity contribution in [1.29, 1.82) is 0 Å². The Morgan fingerprint density at radius 2 is 1.93 bits per heavy atom. The molecule has 0 aromatic rings. The zero-order valence-electron chi connectivity index (χ0n) is 16.8. The highest BCUT2D eigenvalue weighted by atomic mass is 19.4. The fourth-order valence-electron chi connectivity index (χ4n) is 4.08. The minimum atomic E-state index is -4.13. The highest BCUT2D eigenvalue weighted by molar-refractivity contribution is 5.80. The second kappa shape index (κ2) is 11.1. The van der Waals surface area contributed by atoms with Crippen molar-refractivity contribution in [2.24, 2.45) is 4.99 Å². The predicted octanol–water partition coefficient (Wildman–Crippen LogP) is 2.83. The Labute approximate surface area is 161 Å². The molecule has 2 aliphatic rings. The number of hydrogen-bond donors (Lipinski definition) is 2. The average Bonchev–Trinajstić information content (AvgIpc) is 3.04. The number of nitrogens with one attached hydrogen (secondary N) is 2. The van der Waals surface area contributed by atoms with Gasteiger partial charge in [-0.25, -0.2) is 0 Å². The van der Waals surface area contributed by atoms with Crippen LogP contribution in [0, 0.1) is 0 Å². The van der Waals surface area contributed by atoms with Gasteiger partial charge in [-0.1, -0.05) is 19.3 Å². The molecule has 27 heavy (non-hydrogen) atoms. The van der Waals surface area contributed by atoms with Gasteiger partial charge in [0.15, 0.2) is 5.96 Å². The lowest BCUT2D eigenvalue weighted by molar-refractivity contribution is -0.143. The zero-order valence-corrected chi connectivity index (χ0v) is 16.8. The molecule has 0 spiro atoms. The maximum atomic E-state index is 12.5. The number of guanidine groups is 1. The number of alkyl halides is 3. The number of nitrogens with zero attached hydrogens (tertiary/aromatic N) is 3. The molecule has 1 saturated carbocycles. The SMILES string of the molecule is CCNC(=NCCCN(C)C1CCCCC1)NC1CCN(CC(F)(F)F)C1. The Morgan fingerprint density at radius 1 is 1.19 bits per heavy atom. The molecule has 2 rings (SSSR count). The first-order valence-corrected chi connectivity index (χ1v) is 10.4. The summed E-state index contributed by atoms with van der Waals surface area (Å²) in [6, 6.07) is 0.738. The third-order valence-electron chi connectivity index (χ3n) is 5.50. The zero-order chi connectivity index (χ0) is 19.7. The van der Waals surface area contributed by atoms with Crippen LogP contribution in [0.4, 0.5) is 13.2 Å². The molecule has 1 saturated heterocycles. The summed E-state index contributed by atoms with van der Waals surface area (Å²) in [5, 5.41) is 6.51. The van der Waals surface area contributed by atoms with E-state index in [0.29, 0.717) is 25.6 Å². The fourth-order valence-corrected chi connectivity index (χ4v) is 4.08. The van der Waals surface area contributed by atoms with Crippen LogP contribution in [-0.4, -0.2) is 80.3 Å². The number of rotatable bonds is 8. The van der Waals surface area contributed by atoms with Crippen molar-refractivity contribution in [3.8, 4) is 0 Å². The summed E-state index contributed by atoms with van der Waals surface area (Å²) in [7, 11) is 2.21. The minimum absolute atomic E-state index is 0.0232. The Kier molecular flexibility index (Phi) is 9.15. The molecule has 1 aliphatic carbocycles. The van der Waals surface area contributed by atoms with E-state index in [2.05, 4.69) is 27.6 Å². The van der Waals surface area contributed by atoms with Crippen molar-refractivity contribution in [2.45, 2.75) is 70.1 Å². The molecule has 5 nitrogen and oxygen atoms in total. The fraction of sp³-hybridized carbons (Fsp3) is 0.947. The van der Waals surface area contributed by atoms with Gasteiger partial charge in [0, 0.05) is 38.3 Å². The summed E-state index contributed by atoms with van der Waals surface area (Å²) >= 11 is 0. The molecule has 0 amide bonds. The Bertz CT molecular complexity index is 449. The van der Waals surface area contributed by atoms with Gasteiger partial charge in [-0.3, -0.25) is 9.89 Å². The second-order valence-electron chi connectivity index (χ2n) is 7.87. The summed E-state index contributed by atoms with van der Waals surface area (Å²) in [6.07, 6.45) is 4.24. The minimum Gasteiger partial charge on any atom is -0.357 e. The predicted molar refractivity (Wildman–Crippen MR) is 104 cm³/mol. The topological polar surface area (TPSA) is 42.9 Å². The van der Waals surface area contributed by atoms with Crippen LogP contribution in [0.25, 0.3) is 0 Å². The lowest BCUT2D eigenvalue weighted by atomic mass is 9.94. The first kappa shape index (κ1) is 22.3. The van der Waals surface area contributed by atoms with E-state index < -0.39 is 12.7 Å². The first-order chi connectivity index (χ1) is 12.9. The summed E-state index contributed by atoms with van der Waals surface area (Å²) in [5.74, 6) is 0.719. The Morgan fingerprint density at radius 3 is 2.59 bits per heavy atom. The van der Waals surface area contributed by atoms with Crippen LogP contribution in [0.1, 0.15) is 51.9 Å². The number of likely N-dealkylation sites (tertiary alicyclic amines) is 1. The van der Waals surface area contributed by atoms with Crippen molar-refractivity contribution in [1.82, 2.24) is 20.4 Å². The molecule has 158 valence electrons. The van der Waals surface area contributed by atoms with Crippen LogP contribution < -0.4 is 10.6 Å². The van der Waals surface area contributed by atoms with Gasteiger partial charge >= 0.3 is 6.18 Å². The molecule has 1 heterocycles. The van der Waals surface area contributed by atoms with Crippen LogP contribution in [-0.2, 0) is 0 Å². The summed E-state index contributed by atoms with van der Waals surface area (Å²) in [5.41, 5.74) is 0. The van der Waals surface area contributed by atoms with Gasteiger partial charge in [-0.2, -0.15) is 13.2 Å². The monoisotopic (exact) mass is 391 g/mol. The summed E-state index contributed by atoms with van der Waals surface area (Å²) < 4.78 is 37.6. The molecule has 0 radical (unpaired) electrons.